The van der Waals surface area contributed by atoms with Gasteiger partial charge in [-0.25, -0.2) is 15.0 Å². The fourth-order valence-electron chi connectivity index (χ4n) is 3.58. The van der Waals surface area contributed by atoms with E-state index in [0.29, 0.717) is 37.0 Å². The summed E-state index contributed by atoms with van der Waals surface area (Å²) in [6, 6.07) is 3.13. The Morgan fingerprint density at radius 3 is 2.56 bits per heavy atom. The predicted octanol–water partition coefficient (Wildman–Crippen LogP) is 2.85. The number of hydrogen-bond acceptors (Lipinski definition) is 7. The molecule has 0 bridgehead atoms. The van der Waals surface area contributed by atoms with Crippen molar-refractivity contribution in [2.45, 2.75) is 45.0 Å². The average molecular weight is 447 g/mol. The fourth-order valence-corrected chi connectivity index (χ4v) is 3.58. The van der Waals surface area contributed by atoms with Gasteiger partial charge in [0.1, 0.15) is 11.8 Å². The molecule has 3 aromatic rings. The van der Waals surface area contributed by atoms with Crippen LogP contribution in [0, 0.1) is 6.92 Å². The maximum atomic E-state index is 13.4. The first-order valence-electron chi connectivity index (χ1n) is 9.95. The maximum Gasteiger partial charge on any atom is 0.434 e. The lowest BCUT2D eigenvalue weighted by atomic mass is 9.99. The average Bonchev–Trinajstić information content (AvgIpc) is 3.29. The smallest absolute Gasteiger partial charge is 0.434 e. The molecule has 3 aromatic heterocycles. The van der Waals surface area contributed by atoms with Crippen LogP contribution in [0.3, 0.4) is 0 Å². The molecular weight excluding hydrogens is 427 g/mol. The number of pyridine rings is 1. The highest BCUT2D eigenvalue weighted by Gasteiger charge is 2.36. The van der Waals surface area contributed by atoms with E-state index in [0.717, 1.165) is 6.20 Å². The fraction of sp³-hybridized carbons (Fsp3) is 0.400. The first-order chi connectivity index (χ1) is 15.2. The van der Waals surface area contributed by atoms with E-state index in [2.05, 4.69) is 25.1 Å². The molecule has 2 atom stereocenters. The molecule has 0 saturated carbocycles. The molecule has 2 unspecified atom stereocenters. The second-order valence-electron chi connectivity index (χ2n) is 7.41. The van der Waals surface area contributed by atoms with Crippen molar-refractivity contribution in [3.05, 3.63) is 54.0 Å². The van der Waals surface area contributed by atoms with Crippen molar-refractivity contribution >= 4 is 5.91 Å². The Kier molecular flexibility index (Phi) is 5.76. The molecule has 0 N–H and O–H groups in total. The Bertz CT molecular complexity index is 1090. The number of aryl methyl sites for hydroxylation is 1. The van der Waals surface area contributed by atoms with Crippen LogP contribution < -0.4 is 4.74 Å². The number of halogens is 3. The summed E-state index contributed by atoms with van der Waals surface area (Å²) in [5.74, 6) is -0.334. The maximum absolute atomic E-state index is 13.4. The highest BCUT2D eigenvalue weighted by Crippen LogP contribution is 2.28. The van der Waals surface area contributed by atoms with Crippen LogP contribution in [0.25, 0.3) is 5.69 Å². The molecule has 0 spiro atoms. The van der Waals surface area contributed by atoms with Crippen LogP contribution in [0.2, 0.25) is 0 Å². The lowest BCUT2D eigenvalue weighted by molar-refractivity contribution is -0.141. The quantitative estimate of drug-likeness (QED) is 0.606. The molecule has 0 aliphatic carbocycles. The minimum absolute atomic E-state index is 0.0285. The van der Waals surface area contributed by atoms with Crippen molar-refractivity contribution in [2.24, 2.45) is 0 Å². The molecule has 1 saturated heterocycles. The zero-order valence-electron chi connectivity index (χ0n) is 17.3. The number of ether oxygens (including phenoxy) is 1. The van der Waals surface area contributed by atoms with Crippen molar-refractivity contribution in [3.63, 3.8) is 0 Å². The first kappa shape index (κ1) is 21.7. The van der Waals surface area contributed by atoms with Gasteiger partial charge in [-0.2, -0.15) is 23.4 Å². The molecule has 4 rings (SSSR count). The second-order valence-corrected chi connectivity index (χ2v) is 7.41. The van der Waals surface area contributed by atoms with Crippen molar-refractivity contribution in [1.82, 2.24) is 34.8 Å². The zero-order chi connectivity index (χ0) is 22.9. The van der Waals surface area contributed by atoms with E-state index in [9.17, 15) is 18.0 Å². The highest BCUT2D eigenvalue weighted by atomic mass is 19.4. The molecule has 168 valence electrons. The van der Waals surface area contributed by atoms with Gasteiger partial charge in [-0.1, -0.05) is 0 Å². The van der Waals surface area contributed by atoms with Gasteiger partial charge in [0.25, 0.3) is 5.91 Å². The Morgan fingerprint density at radius 1 is 1.16 bits per heavy atom. The molecule has 0 radical (unpaired) electrons. The predicted molar refractivity (Wildman–Crippen MR) is 105 cm³/mol. The van der Waals surface area contributed by atoms with Gasteiger partial charge in [-0.05, 0) is 38.8 Å². The SMILES string of the molecule is Cc1ccc(-n2nccn2)c(C(=O)N2CCCC(Oc3cnc(C(F)(F)F)cn3)C2C)n1. The van der Waals surface area contributed by atoms with Crippen LogP contribution in [0.15, 0.2) is 36.9 Å². The van der Waals surface area contributed by atoms with Crippen molar-refractivity contribution in [1.29, 1.82) is 0 Å². The number of alkyl halides is 3. The number of amides is 1. The number of carbonyl (C=O) groups is 1. The van der Waals surface area contributed by atoms with Gasteiger partial charge >= 0.3 is 6.18 Å². The van der Waals surface area contributed by atoms with Crippen LogP contribution in [0.1, 0.15) is 41.6 Å². The van der Waals surface area contributed by atoms with E-state index in [4.69, 9.17) is 4.74 Å². The largest absolute Gasteiger partial charge is 0.471 e. The number of nitrogens with zero attached hydrogens (tertiary/aromatic N) is 7. The van der Waals surface area contributed by atoms with Gasteiger partial charge in [0.2, 0.25) is 5.88 Å². The third-order valence-electron chi connectivity index (χ3n) is 5.22. The first-order valence-corrected chi connectivity index (χ1v) is 9.95. The lowest BCUT2D eigenvalue weighted by Gasteiger charge is -2.39. The molecule has 1 aliphatic heterocycles. The Labute approximate surface area is 181 Å². The van der Waals surface area contributed by atoms with Crippen molar-refractivity contribution < 1.29 is 22.7 Å². The standard InChI is InChI=1S/C20H20F3N7O2/c1-12-5-6-14(30-26-7-8-27-30)18(28-12)19(31)29-9-3-4-15(13(29)2)32-17-11-24-16(10-25-17)20(21,22)23/h5-8,10-11,13,15H,3-4,9H2,1-2H3. The molecule has 1 amide bonds. The summed E-state index contributed by atoms with van der Waals surface area (Å²) >= 11 is 0. The molecule has 32 heavy (non-hydrogen) atoms. The molecule has 9 nitrogen and oxygen atoms in total. The van der Waals surface area contributed by atoms with Gasteiger partial charge in [-0.15, -0.1) is 4.80 Å². The van der Waals surface area contributed by atoms with Crippen molar-refractivity contribution in [2.75, 3.05) is 6.54 Å². The number of hydrogen-bond donors (Lipinski definition) is 0. The van der Waals surface area contributed by atoms with Gasteiger partial charge in [0, 0.05) is 12.2 Å². The van der Waals surface area contributed by atoms with Crippen LogP contribution in [-0.4, -0.2) is 59.4 Å². The highest BCUT2D eigenvalue weighted by molar-refractivity contribution is 5.96. The lowest BCUT2D eigenvalue weighted by Crippen LogP contribution is -2.51. The normalized spacial score (nSPS) is 19.1. The molecule has 0 aromatic carbocycles. The third-order valence-corrected chi connectivity index (χ3v) is 5.22. The molecule has 1 aliphatic rings. The number of rotatable bonds is 4. The van der Waals surface area contributed by atoms with E-state index in [-0.39, 0.29) is 23.5 Å². The number of likely N-dealkylation sites (tertiary alicyclic amines) is 1. The van der Waals surface area contributed by atoms with Crippen LogP contribution in [0.5, 0.6) is 5.88 Å². The number of carbonyl (C=O) groups excluding carboxylic acids is 1. The summed E-state index contributed by atoms with van der Waals surface area (Å²) in [5.41, 5.74) is 0.239. The van der Waals surface area contributed by atoms with Crippen LogP contribution >= 0.6 is 0 Å². The van der Waals surface area contributed by atoms with E-state index in [1.54, 1.807) is 24.0 Å². The van der Waals surface area contributed by atoms with Gasteiger partial charge in [0.15, 0.2) is 11.4 Å². The van der Waals surface area contributed by atoms with Crippen LogP contribution in [0.4, 0.5) is 13.2 Å². The van der Waals surface area contributed by atoms with E-state index < -0.39 is 18.0 Å². The Morgan fingerprint density at radius 2 is 1.91 bits per heavy atom. The minimum Gasteiger partial charge on any atom is -0.471 e. The molecular formula is C20H20F3N7O2. The summed E-state index contributed by atoms with van der Waals surface area (Å²) in [6.07, 6.45) is 0.813. The topological polar surface area (TPSA) is 98.9 Å². The van der Waals surface area contributed by atoms with E-state index in [1.807, 2.05) is 6.92 Å². The summed E-state index contributed by atoms with van der Waals surface area (Å²) in [5, 5.41) is 8.19. The van der Waals surface area contributed by atoms with Gasteiger partial charge in [-0.3, -0.25) is 4.79 Å². The van der Waals surface area contributed by atoms with Gasteiger partial charge in [0.05, 0.1) is 30.8 Å². The summed E-state index contributed by atoms with van der Waals surface area (Å²) < 4.78 is 43.9. The monoisotopic (exact) mass is 447 g/mol. The minimum atomic E-state index is -4.57. The number of piperidine rings is 1. The summed E-state index contributed by atoms with van der Waals surface area (Å²) in [7, 11) is 0. The zero-order valence-corrected chi connectivity index (χ0v) is 17.3. The van der Waals surface area contributed by atoms with Gasteiger partial charge < -0.3 is 9.64 Å². The van der Waals surface area contributed by atoms with Crippen LogP contribution in [-0.2, 0) is 6.18 Å². The van der Waals surface area contributed by atoms with E-state index >= 15 is 0 Å². The second kappa shape index (κ2) is 8.52. The summed E-state index contributed by atoms with van der Waals surface area (Å²) in [4.78, 5) is 27.9. The third kappa shape index (κ3) is 4.39. The van der Waals surface area contributed by atoms with Crippen molar-refractivity contribution in [3.8, 4) is 11.6 Å². The molecule has 1 fully saturated rings. The number of aromatic nitrogens is 6. The molecule has 12 heteroatoms. The molecule has 4 heterocycles. The van der Waals surface area contributed by atoms with E-state index in [1.165, 1.54) is 17.2 Å². The Hall–Kier alpha value is -3.57. The summed E-state index contributed by atoms with van der Waals surface area (Å²) in [6.45, 7) is 4.09. The Balaban J connectivity index is 1.54.